The Bertz CT molecular complexity index is 308. The minimum atomic E-state index is -0.385. The first kappa shape index (κ1) is 13.7. The van der Waals surface area contributed by atoms with Gasteiger partial charge in [-0.05, 0) is 12.0 Å². The largest absolute Gasteiger partial charge is 0.390 e. The van der Waals surface area contributed by atoms with Crippen LogP contribution in [0.3, 0.4) is 0 Å². The Hall–Kier alpha value is -0.750. The SMILES string of the molecule is NCC(O)CN1CCN(CC2=CCCN=C2)CC1. The van der Waals surface area contributed by atoms with Gasteiger partial charge in [0, 0.05) is 58.6 Å². The monoisotopic (exact) mass is 252 g/mol. The number of rotatable bonds is 5. The molecular formula is C13H24N4O. The van der Waals surface area contributed by atoms with Crippen molar-refractivity contribution in [2.45, 2.75) is 12.5 Å². The third-order valence-electron chi connectivity index (χ3n) is 3.53. The standard InChI is InChI=1S/C13H24N4O/c14-8-13(18)11-17-6-4-16(5-7-17)10-12-2-1-3-15-9-12/h2,9,13,18H,1,3-8,10-11,14H2. The minimum Gasteiger partial charge on any atom is -0.390 e. The highest BCUT2D eigenvalue weighted by molar-refractivity contribution is 5.79. The van der Waals surface area contributed by atoms with Gasteiger partial charge in [-0.2, -0.15) is 0 Å². The molecule has 1 unspecified atom stereocenters. The molecule has 5 heteroatoms. The summed E-state index contributed by atoms with van der Waals surface area (Å²) in [5.74, 6) is 0. The number of aliphatic hydroxyl groups excluding tert-OH is 1. The van der Waals surface area contributed by atoms with Crippen molar-refractivity contribution >= 4 is 6.21 Å². The lowest BCUT2D eigenvalue weighted by Crippen LogP contribution is -2.49. The lowest BCUT2D eigenvalue weighted by molar-refractivity contribution is 0.0800. The smallest absolute Gasteiger partial charge is 0.0789 e. The van der Waals surface area contributed by atoms with Crippen LogP contribution in [0.5, 0.6) is 0 Å². The summed E-state index contributed by atoms with van der Waals surface area (Å²) in [6.07, 6.45) is 4.99. The zero-order valence-electron chi connectivity index (χ0n) is 11.0. The van der Waals surface area contributed by atoms with E-state index in [1.165, 1.54) is 5.57 Å². The van der Waals surface area contributed by atoms with Crippen LogP contribution in [0.2, 0.25) is 0 Å². The van der Waals surface area contributed by atoms with Gasteiger partial charge in [-0.3, -0.25) is 14.8 Å². The van der Waals surface area contributed by atoms with E-state index in [-0.39, 0.29) is 6.10 Å². The topological polar surface area (TPSA) is 65.1 Å². The molecule has 18 heavy (non-hydrogen) atoms. The third kappa shape index (κ3) is 4.17. The predicted octanol–water partition coefficient (Wildman–Crippen LogP) is -0.675. The van der Waals surface area contributed by atoms with Crippen LogP contribution in [0, 0.1) is 0 Å². The average Bonchev–Trinajstić information content (AvgIpc) is 2.42. The van der Waals surface area contributed by atoms with Gasteiger partial charge in [0.1, 0.15) is 0 Å². The molecule has 3 N–H and O–H groups in total. The van der Waals surface area contributed by atoms with E-state index >= 15 is 0 Å². The summed E-state index contributed by atoms with van der Waals surface area (Å²) >= 11 is 0. The lowest BCUT2D eigenvalue weighted by Gasteiger charge is -2.35. The van der Waals surface area contributed by atoms with Crippen LogP contribution in [0.25, 0.3) is 0 Å². The van der Waals surface area contributed by atoms with Gasteiger partial charge < -0.3 is 10.8 Å². The van der Waals surface area contributed by atoms with Crippen molar-refractivity contribution < 1.29 is 5.11 Å². The molecule has 2 heterocycles. The molecule has 1 fully saturated rings. The predicted molar refractivity (Wildman–Crippen MR) is 74.0 cm³/mol. The number of dihydropyridines is 1. The van der Waals surface area contributed by atoms with Crippen molar-refractivity contribution in [3.8, 4) is 0 Å². The van der Waals surface area contributed by atoms with E-state index in [0.717, 1.165) is 45.7 Å². The summed E-state index contributed by atoms with van der Waals surface area (Å²) in [6.45, 7) is 7.15. The maximum atomic E-state index is 9.53. The Kier molecular flexibility index (Phi) is 5.31. The summed E-state index contributed by atoms with van der Waals surface area (Å²) in [5, 5.41) is 9.53. The van der Waals surface area contributed by atoms with E-state index < -0.39 is 0 Å². The molecule has 0 saturated carbocycles. The molecule has 0 aromatic carbocycles. The van der Waals surface area contributed by atoms with Gasteiger partial charge in [-0.25, -0.2) is 0 Å². The van der Waals surface area contributed by atoms with E-state index in [4.69, 9.17) is 5.73 Å². The third-order valence-corrected chi connectivity index (χ3v) is 3.53. The first-order valence-corrected chi connectivity index (χ1v) is 6.79. The summed E-state index contributed by atoms with van der Waals surface area (Å²) in [5.41, 5.74) is 6.78. The molecule has 0 bridgehead atoms. The van der Waals surface area contributed by atoms with Crippen LogP contribution in [0.1, 0.15) is 6.42 Å². The Labute approximate surface area is 109 Å². The molecular weight excluding hydrogens is 228 g/mol. The van der Waals surface area contributed by atoms with E-state index in [1.807, 2.05) is 6.21 Å². The van der Waals surface area contributed by atoms with Gasteiger partial charge in [-0.1, -0.05) is 6.08 Å². The van der Waals surface area contributed by atoms with Crippen molar-refractivity contribution in [2.75, 3.05) is 52.4 Å². The fourth-order valence-corrected chi connectivity index (χ4v) is 2.43. The molecule has 0 aromatic rings. The zero-order valence-corrected chi connectivity index (χ0v) is 11.0. The molecule has 102 valence electrons. The molecule has 0 radical (unpaired) electrons. The van der Waals surface area contributed by atoms with Gasteiger partial charge >= 0.3 is 0 Å². The minimum absolute atomic E-state index is 0.351. The Balaban J connectivity index is 1.70. The van der Waals surface area contributed by atoms with Crippen molar-refractivity contribution in [3.63, 3.8) is 0 Å². The highest BCUT2D eigenvalue weighted by atomic mass is 16.3. The van der Waals surface area contributed by atoms with Gasteiger partial charge in [0.15, 0.2) is 0 Å². The van der Waals surface area contributed by atoms with Crippen LogP contribution in [0.15, 0.2) is 16.6 Å². The summed E-state index contributed by atoms with van der Waals surface area (Å²) < 4.78 is 0. The molecule has 0 amide bonds. The number of hydrogen-bond donors (Lipinski definition) is 2. The maximum Gasteiger partial charge on any atom is 0.0789 e. The zero-order chi connectivity index (χ0) is 12.8. The molecule has 5 nitrogen and oxygen atoms in total. The Morgan fingerprint density at radius 2 is 2.00 bits per heavy atom. The first-order chi connectivity index (χ1) is 8.78. The van der Waals surface area contributed by atoms with Crippen molar-refractivity contribution in [3.05, 3.63) is 11.6 Å². The molecule has 2 aliphatic rings. The number of β-amino-alcohol motifs (C(OH)–C–C–N with tert-alkyl or cyclic N) is 1. The number of piperazine rings is 1. The maximum absolute atomic E-state index is 9.53. The molecule has 0 spiro atoms. The molecule has 0 aliphatic carbocycles. The van der Waals surface area contributed by atoms with Crippen LogP contribution < -0.4 is 5.73 Å². The summed E-state index contributed by atoms with van der Waals surface area (Å²) in [4.78, 5) is 9.05. The molecule has 1 saturated heterocycles. The highest BCUT2D eigenvalue weighted by Gasteiger charge is 2.19. The van der Waals surface area contributed by atoms with Crippen molar-refractivity contribution in [2.24, 2.45) is 10.7 Å². The van der Waals surface area contributed by atoms with E-state index in [9.17, 15) is 5.11 Å². The van der Waals surface area contributed by atoms with Crippen molar-refractivity contribution in [1.82, 2.24) is 9.80 Å². The number of aliphatic hydroxyl groups is 1. The van der Waals surface area contributed by atoms with Crippen molar-refractivity contribution in [1.29, 1.82) is 0 Å². The van der Waals surface area contributed by atoms with Gasteiger partial charge in [0.05, 0.1) is 6.10 Å². The number of hydrogen-bond acceptors (Lipinski definition) is 5. The Morgan fingerprint density at radius 1 is 1.28 bits per heavy atom. The quantitative estimate of drug-likeness (QED) is 0.681. The lowest BCUT2D eigenvalue weighted by atomic mass is 10.1. The number of aliphatic imine (C=N–C) groups is 1. The Morgan fingerprint density at radius 3 is 2.61 bits per heavy atom. The van der Waals surface area contributed by atoms with Crippen LogP contribution in [0.4, 0.5) is 0 Å². The summed E-state index contributed by atoms with van der Waals surface area (Å²) in [7, 11) is 0. The fourth-order valence-electron chi connectivity index (χ4n) is 2.43. The first-order valence-electron chi connectivity index (χ1n) is 6.79. The van der Waals surface area contributed by atoms with Gasteiger partial charge in [0.2, 0.25) is 0 Å². The molecule has 2 aliphatic heterocycles. The number of nitrogens with two attached hydrogens (primary N) is 1. The van der Waals surface area contributed by atoms with Gasteiger partial charge in [-0.15, -0.1) is 0 Å². The van der Waals surface area contributed by atoms with Crippen LogP contribution in [-0.2, 0) is 0 Å². The number of nitrogens with zero attached hydrogens (tertiary/aromatic N) is 3. The van der Waals surface area contributed by atoms with Crippen LogP contribution in [-0.4, -0.2) is 79.6 Å². The normalized spacial score (nSPS) is 24.0. The second-order valence-corrected chi connectivity index (χ2v) is 5.07. The highest BCUT2D eigenvalue weighted by Crippen LogP contribution is 2.07. The molecule has 0 aromatic heterocycles. The second-order valence-electron chi connectivity index (χ2n) is 5.07. The molecule has 2 rings (SSSR count). The van der Waals surface area contributed by atoms with E-state index in [1.54, 1.807) is 0 Å². The van der Waals surface area contributed by atoms with E-state index in [2.05, 4.69) is 20.9 Å². The van der Waals surface area contributed by atoms with Crippen LogP contribution >= 0.6 is 0 Å². The average molecular weight is 252 g/mol. The fraction of sp³-hybridized carbons (Fsp3) is 0.769. The van der Waals surface area contributed by atoms with E-state index in [0.29, 0.717) is 13.1 Å². The molecule has 1 atom stereocenters. The summed E-state index contributed by atoms with van der Waals surface area (Å²) in [6, 6.07) is 0. The van der Waals surface area contributed by atoms with Gasteiger partial charge in [0.25, 0.3) is 0 Å². The second kappa shape index (κ2) is 6.99.